The van der Waals surface area contributed by atoms with Gasteiger partial charge in [-0.25, -0.2) is 8.78 Å². The van der Waals surface area contributed by atoms with Crippen LogP contribution in [-0.2, 0) is 5.67 Å². The summed E-state index contributed by atoms with van der Waals surface area (Å²) in [6.07, 6.45) is -12.7. The molecular formula is C10H7F8N. The van der Waals surface area contributed by atoms with E-state index in [0.717, 1.165) is 6.92 Å². The van der Waals surface area contributed by atoms with Gasteiger partial charge in [0.2, 0.25) is 0 Å². The molecule has 0 fully saturated rings. The topological polar surface area (TPSA) is 26.0 Å². The summed E-state index contributed by atoms with van der Waals surface area (Å²) in [5, 5.41) is 0. The molecule has 9 heteroatoms. The minimum absolute atomic E-state index is 0.0403. The van der Waals surface area contributed by atoms with Crippen molar-refractivity contribution in [1.82, 2.24) is 0 Å². The predicted octanol–water partition coefficient (Wildman–Crippen LogP) is 4.01. The van der Waals surface area contributed by atoms with E-state index in [-0.39, 0.29) is 11.8 Å². The van der Waals surface area contributed by atoms with E-state index >= 15 is 0 Å². The zero-order chi connectivity index (χ0) is 15.2. The molecule has 0 spiro atoms. The number of nitrogens with two attached hydrogens (primary N) is 1. The number of hydrogen-bond donors (Lipinski definition) is 1. The second-order valence-electron chi connectivity index (χ2n) is 3.80. The van der Waals surface area contributed by atoms with Gasteiger partial charge in [-0.1, -0.05) is 6.07 Å². The molecule has 0 saturated carbocycles. The Labute approximate surface area is 102 Å². The highest BCUT2D eigenvalue weighted by atomic mass is 19.4. The fourth-order valence-corrected chi connectivity index (χ4v) is 1.43. The first-order valence-electron chi connectivity index (χ1n) is 4.71. The van der Waals surface area contributed by atoms with Gasteiger partial charge < -0.3 is 5.73 Å². The van der Waals surface area contributed by atoms with Gasteiger partial charge in [0.15, 0.2) is 0 Å². The van der Waals surface area contributed by atoms with Crippen LogP contribution in [0.25, 0.3) is 0 Å². The third-order valence-corrected chi connectivity index (χ3v) is 2.58. The molecule has 1 aromatic rings. The smallest absolute Gasteiger partial charge is 0.398 e. The van der Waals surface area contributed by atoms with Crippen LogP contribution in [0, 0.1) is 12.7 Å². The quantitative estimate of drug-likeness (QED) is 0.614. The second-order valence-corrected chi connectivity index (χ2v) is 3.80. The third-order valence-electron chi connectivity index (χ3n) is 2.58. The lowest BCUT2D eigenvalue weighted by Gasteiger charge is -2.31. The normalized spacial score (nSPS) is 13.7. The standard InChI is InChI=1S/C10H7F8N/c1-4-6(19)3-2-5(7(4)11)8(12,9(13,14)15)10(16,17)18/h2-3H,19H2,1H3. The summed E-state index contributed by atoms with van der Waals surface area (Å²) in [6, 6.07) is 0.623. The molecule has 0 aliphatic heterocycles. The second kappa shape index (κ2) is 4.24. The summed E-state index contributed by atoms with van der Waals surface area (Å²) in [6.45, 7) is 0.849. The van der Waals surface area contributed by atoms with Crippen molar-refractivity contribution in [3.63, 3.8) is 0 Å². The van der Waals surface area contributed by atoms with E-state index in [4.69, 9.17) is 5.73 Å². The van der Waals surface area contributed by atoms with Crippen molar-refractivity contribution in [3.8, 4) is 0 Å². The average Bonchev–Trinajstić information content (AvgIpc) is 2.22. The summed E-state index contributed by atoms with van der Waals surface area (Å²) in [4.78, 5) is 0. The average molecular weight is 293 g/mol. The molecule has 0 aliphatic rings. The summed E-state index contributed by atoms with van der Waals surface area (Å²) in [5.74, 6) is -1.97. The van der Waals surface area contributed by atoms with Crippen molar-refractivity contribution in [1.29, 1.82) is 0 Å². The van der Waals surface area contributed by atoms with E-state index in [0.29, 0.717) is 6.07 Å². The lowest BCUT2D eigenvalue weighted by atomic mass is 9.91. The van der Waals surface area contributed by atoms with Crippen LogP contribution in [0.5, 0.6) is 0 Å². The molecule has 0 radical (unpaired) electrons. The lowest BCUT2D eigenvalue weighted by Crippen LogP contribution is -2.51. The van der Waals surface area contributed by atoms with E-state index < -0.39 is 35.0 Å². The zero-order valence-corrected chi connectivity index (χ0v) is 9.26. The van der Waals surface area contributed by atoms with Gasteiger partial charge in [0.25, 0.3) is 0 Å². The van der Waals surface area contributed by atoms with Crippen LogP contribution >= 0.6 is 0 Å². The maximum absolute atomic E-state index is 13.6. The fraction of sp³-hybridized carbons (Fsp3) is 0.400. The van der Waals surface area contributed by atoms with Crippen LogP contribution in [0.15, 0.2) is 12.1 Å². The first-order valence-corrected chi connectivity index (χ1v) is 4.71. The molecule has 0 aromatic heterocycles. The summed E-state index contributed by atoms with van der Waals surface area (Å²) in [5.41, 5.74) is -3.89. The van der Waals surface area contributed by atoms with Crippen molar-refractivity contribution < 1.29 is 35.1 Å². The number of halogens is 8. The Balaban J connectivity index is 3.67. The van der Waals surface area contributed by atoms with Crippen LogP contribution < -0.4 is 5.73 Å². The van der Waals surface area contributed by atoms with Gasteiger partial charge in [-0.2, -0.15) is 26.3 Å². The van der Waals surface area contributed by atoms with Crippen LogP contribution in [0.3, 0.4) is 0 Å². The molecule has 0 saturated heterocycles. The molecule has 0 unspecified atom stereocenters. The van der Waals surface area contributed by atoms with Crippen LogP contribution in [-0.4, -0.2) is 12.4 Å². The molecule has 0 bridgehead atoms. The van der Waals surface area contributed by atoms with Gasteiger partial charge in [-0.05, 0) is 13.0 Å². The lowest BCUT2D eigenvalue weighted by molar-refractivity contribution is -0.349. The highest BCUT2D eigenvalue weighted by molar-refractivity contribution is 5.50. The monoisotopic (exact) mass is 293 g/mol. The van der Waals surface area contributed by atoms with E-state index in [1.807, 2.05) is 0 Å². The zero-order valence-electron chi connectivity index (χ0n) is 9.26. The Hall–Kier alpha value is -1.54. The number of hydrogen-bond acceptors (Lipinski definition) is 1. The Kier molecular flexibility index (Phi) is 3.46. The first-order chi connectivity index (χ1) is 8.34. The summed E-state index contributed by atoms with van der Waals surface area (Å²) in [7, 11) is 0. The Morgan fingerprint density at radius 1 is 0.895 bits per heavy atom. The number of anilines is 1. The fourth-order valence-electron chi connectivity index (χ4n) is 1.43. The van der Waals surface area contributed by atoms with Gasteiger partial charge in [0.1, 0.15) is 5.82 Å². The molecule has 2 N–H and O–H groups in total. The van der Waals surface area contributed by atoms with Gasteiger partial charge in [-0.3, -0.25) is 0 Å². The van der Waals surface area contributed by atoms with Gasteiger partial charge in [0.05, 0.1) is 0 Å². The Morgan fingerprint density at radius 2 is 1.32 bits per heavy atom. The highest BCUT2D eigenvalue weighted by Gasteiger charge is 2.74. The highest BCUT2D eigenvalue weighted by Crippen LogP contribution is 2.54. The maximum atomic E-state index is 13.6. The van der Waals surface area contributed by atoms with Crippen LogP contribution in [0.4, 0.5) is 40.8 Å². The van der Waals surface area contributed by atoms with Crippen molar-refractivity contribution >= 4 is 5.69 Å². The number of benzene rings is 1. The first kappa shape index (κ1) is 15.5. The molecule has 0 atom stereocenters. The van der Waals surface area contributed by atoms with E-state index in [9.17, 15) is 35.1 Å². The van der Waals surface area contributed by atoms with Crippen LogP contribution in [0.1, 0.15) is 11.1 Å². The van der Waals surface area contributed by atoms with Crippen molar-refractivity contribution in [2.45, 2.75) is 24.9 Å². The van der Waals surface area contributed by atoms with Gasteiger partial charge in [0, 0.05) is 16.8 Å². The van der Waals surface area contributed by atoms with Crippen LogP contribution in [0.2, 0.25) is 0 Å². The Bertz CT molecular complexity index is 474. The molecule has 1 nitrogen and oxygen atoms in total. The summed E-state index contributed by atoms with van der Waals surface area (Å²) < 4.78 is 102. The summed E-state index contributed by atoms with van der Waals surface area (Å²) >= 11 is 0. The van der Waals surface area contributed by atoms with Crippen molar-refractivity contribution in [2.75, 3.05) is 5.73 Å². The van der Waals surface area contributed by atoms with E-state index in [1.54, 1.807) is 0 Å². The molecular weight excluding hydrogens is 286 g/mol. The molecule has 1 rings (SSSR count). The molecule has 0 amide bonds. The molecule has 0 aliphatic carbocycles. The largest absolute Gasteiger partial charge is 0.436 e. The third kappa shape index (κ3) is 2.21. The maximum Gasteiger partial charge on any atom is 0.436 e. The SMILES string of the molecule is Cc1c(N)ccc(C(F)(C(F)(F)F)C(F)(F)F)c1F. The Morgan fingerprint density at radius 3 is 1.68 bits per heavy atom. The van der Waals surface area contributed by atoms with Crippen molar-refractivity contribution in [3.05, 3.63) is 29.1 Å². The van der Waals surface area contributed by atoms with Crippen molar-refractivity contribution in [2.24, 2.45) is 0 Å². The van der Waals surface area contributed by atoms with E-state index in [2.05, 4.69) is 0 Å². The van der Waals surface area contributed by atoms with E-state index in [1.165, 1.54) is 0 Å². The molecule has 108 valence electrons. The minimum atomic E-state index is -6.35. The predicted molar refractivity (Wildman–Crippen MR) is 50.4 cm³/mol. The van der Waals surface area contributed by atoms with Gasteiger partial charge >= 0.3 is 18.0 Å². The molecule has 1 aromatic carbocycles. The van der Waals surface area contributed by atoms with Gasteiger partial charge in [-0.15, -0.1) is 0 Å². The number of nitrogen functional groups attached to an aromatic ring is 1. The minimum Gasteiger partial charge on any atom is -0.398 e. The molecule has 19 heavy (non-hydrogen) atoms. The molecule has 0 heterocycles. The number of alkyl halides is 7. The number of rotatable bonds is 1.